The molecule has 104 valence electrons. The number of amides is 1. The van der Waals surface area contributed by atoms with Crippen molar-refractivity contribution in [3.05, 3.63) is 0 Å². The van der Waals surface area contributed by atoms with Gasteiger partial charge in [-0.2, -0.15) is 0 Å². The Balaban J connectivity index is 1.69. The van der Waals surface area contributed by atoms with Gasteiger partial charge in [-0.15, -0.1) is 0 Å². The quantitative estimate of drug-likeness (QED) is 0.788. The van der Waals surface area contributed by atoms with Crippen LogP contribution in [0.1, 0.15) is 58.3 Å². The number of carbonyl (C=O) groups is 1. The van der Waals surface area contributed by atoms with Crippen LogP contribution in [0.4, 0.5) is 0 Å². The Morgan fingerprint density at radius 3 is 2.39 bits per heavy atom. The average molecular weight is 252 g/mol. The van der Waals surface area contributed by atoms with Gasteiger partial charge in [0.15, 0.2) is 0 Å². The average Bonchev–Trinajstić information content (AvgIpc) is 3.20. The predicted octanol–water partition coefficient (Wildman–Crippen LogP) is 2.56. The summed E-state index contributed by atoms with van der Waals surface area (Å²) in [4.78, 5) is 14.1. The number of hydrogen-bond acceptors (Lipinski definition) is 2. The summed E-state index contributed by atoms with van der Waals surface area (Å²) in [6, 6.07) is 1.18. The van der Waals surface area contributed by atoms with E-state index in [2.05, 4.69) is 12.2 Å². The van der Waals surface area contributed by atoms with Gasteiger partial charge in [0.25, 0.3) is 0 Å². The van der Waals surface area contributed by atoms with Crippen molar-refractivity contribution in [1.29, 1.82) is 0 Å². The fourth-order valence-corrected chi connectivity index (χ4v) is 2.93. The van der Waals surface area contributed by atoms with Gasteiger partial charge in [-0.3, -0.25) is 4.79 Å². The van der Waals surface area contributed by atoms with Crippen molar-refractivity contribution in [3.8, 4) is 0 Å². The van der Waals surface area contributed by atoms with Gasteiger partial charge in [0.05, 0.1) is 0 Å². The first kappa shape index (κ1) is 13.9. The molecule has 0 radical (unpaired) electrons. The van der Waals surface area contributed by atoms with Crippen molar-refractivity contribution in [2.75, 3.05) is 13.6 Å². The van der Waals surface area contributed by atoms with E-state index >= 15 is 0 Å². The molecule has 0 aromatic carbocycles. The minimum Gasteiger partial charge on any atom is -0.343 e. The lowest BCUT2D eigenvalue weighted by Gasteiger charge is -2.35. The molecular formula is C15H28N2O. The second kappa shape index (κ2) is 6.55. The third-order valence-electron chi connectivity index (χ3n) is 4.48. The summed E-state index contributed by atoms with van der Waals surface area (Å²) in [6.45, 7) is 3.34. The first-order valence-corrected chi connectivity index (χ1v) is 7.69. The number of nitrogens with zero attached hydrogens (tertiary/aromatic N) is 1. The smallest absolute Gasteiger partial charge is 0.222 e. The van der Waals surface area contributed by atoms with Crippen molar-refractivity contribution in [2.45, 2.75) is 70.4 Å². The van der Waals surface area contributed by atoms with E-state index in [0.717, 1.165) is 13.0 Å². The van der Waals surface area contributed by atoms with Crippen LogP contribution in [0.3, 0.4) is 0 Å². The van der Waals surface area contributed by atoms with E-state index in [4.69, 9.17) is 0 Å². The Hall–Kier alpha value is -0.570. The maximum Gasteiger partial charge on any atom is 0.222 e. The molecule has 0 heterocycles. The lowest BCUT2D eigenvalue weighted by molar-refractivity contribution is -0.133. The van der Waals surface area contributed by atoms with Crippen molar-refractivity contribution in [2.24, 2.45) is 5.92 Å². The van der Waals surface area contributed by atoms with Crippen molar-refractivity contribution < 1.29 is 4.79 Å². The SMILES string of the molecule is CCCNC1CCC(N(C)C(=O)CC2CC2)CC1. The zero-order valence-corrected chi connectivity index (χ0v) is 12.0. The van der Waals surface area contributed by atoms with E-state index in [1.165, 1.54) is 44.9 Å². The molecule has 0 unspecified atom stereocenters. The highest BCUT2D eigenvalue weighted by Gasteiger charge is 2.30. The van der Waals surface area contributed by atoms with E-state index in [0.29, 0.717) is 23.9 Å². The van der Waals surface area contributed by atoms with Crippen molar-refractivity contribution in [1.82, 2.24) is 10.2 Å². The van der Waals surface area contributed by atoms with Crippen LogP contribution < -0.4 is 5.32 Å². The van der Waals surface area contributed by atoms with Crippen LogP contribution in [-0.4, -0.2) is 36.5 Å². The molecule has 0 aromatic heterocycles. The van der Waals surface area contributed by atoms with Gasteiger partial charge in [0, 0.05) is 25.6 Å². The first-order chi connectivity index (χ1) is 8.70. The Bertz CT molecular complexity index is 268. The topological polar surface area (TPSA) is 32.3 Å². The second-order valence-corrected chi connectivity index (χ2v) is 6.11. The Kier molecular flexibility index (Phi) is 5.04. The maximum atomic E-state index is 12.1. The predicted molar refractivity (Wildman–Crippen MR) is 74.4 cm³/mol. The first-order valence-electron chi connectivity index (χ1n) is 7.69. The van der Waals surface area contributed by atoms with Crippen LogP contribution in [0.5, 0.6) is 0 Å². The van der Waals surface area contributed by atoms with Gasteiger partial charge in [0.2, 0.25) is 5.91 Å². The monoisotopic (exact) mass is 252 g/mol. The zero-order valence-electron chi connectivity index (χ0n) is 12.0. The van der Waals surface area contributed by atoms with Gasteiger partial charge in [-0.1, -0.05) is 6.92 Å². The van der Waals surface area contributed by atoms with Crippen molar-refractivity contribution >= 4 is 5.91 Å². The summed E-state index contributed by atoms with van der Waals surface area (Å²) in [5.41, 5.74) is 0. The number of nitrogens with one attached hydrogen (secondary N) is 1. The van der Waals surface area contributed by atoms with Gasteiger partial charge >= 0.3 is 0 Å². The molecule has 18 heavy (non-hydrogen) atoms. The molecule has 0 aliphatic heterocycles. The molecular weight excluding hydrogens is 224 g/mol. The van der Waals surface area contributed by atoms with Crippen LogP contribution in [0.2, 0.25) is 0 Å². The molecule has 3 heteroatoms. The minimum absolute atomic E-state index is 0.377. The minimum atomic E-state index is 0.377. The molecule has 2 saturated carbocycles. The van der Waals surface area contributed by atoms with Crippen LogP contribution >= 0.6 is 0 Å². The molecule has 2 rings (SSSR count). The summed E-state index contributed by atoms with van der Waals surface area (Å²) in [5.74, 6) is 1.09. The number of carbonyl (C=O) groups excluding carboxylic acids is 1. The highest BCUT2D eigenvalue weighted by molar-refractivity contribution is 5.76. The summed E-state index contributed by atoms with van der Waals surface area (Å²) < 4.78 is 0. The Morgan fingerprint density at radius 2 is 1.83 bits per heavy atom. The van der Waals surface area contributed by atoms with E-state index < -0.39 is 0 Å². The van der Waals surface area contributed by atoms with Gasteiger partial charge in [-0.05, 0) is 57.4 Å². The molecule has 0 spiro atoms. The summed E-state index contributed by atoms with van der Waals surface area (Å²) >= 11 is 0. The molecule has 0 saturated heterocycles. The van der Waals surface area contributed by atoms with Crippen LogP contribution in [0.15, 0.2) is 0 Å². The van der Waals surface area contributed by atoms with E-state index in [1.54, 1.807) is 0 Å². The summed E-state index contributed by atoms with van der Waals surface area (Å²) in [6.07, 6.45) is 9.35. The molecule has 2 fully saturated rings. The molecule has 3 nitrogen and oxygen atoms in total. The summed E-state index contributed by atoms with van der Waals surface area (Å²) in [5, 5.41) is 3.60. The van der Waals surface area contributed by atoms with Crippen LogP contribution in [0, 0.1) is 5.92 Å². The highest BCUT2D eigenvalue weighted by atomic mass is 16.2. The molecule has 0 aromatic rings. The van der Waals surface area contributed by atoms with Crippen LogP contribution in [-0.2, 0) is 4.79 Å². The molecule has 1 N–H and O–H groups in total. The normalized spacial score (nSPS) is 28.1. The highest BCUT2D eigenvalue weighted by Crippen LogP contribution is 2.33. The van der Waals surface area contributed by atoms with Crippen LogP contribution in [0.25, 0.3) is 0 Å². The summed E-state index contributed by atoms with van der Waals surface area (Å²) in [7, 11) is 2.01. The third kappa shape index (κ3) is 3.98. The van der Waals surface area contributed by atoms with E-state index in [1.807, 2.05) is 11.9 Å². The number of rotatable bonds is 6. The van der Waals surface area contributed by atoms with Gasteiger partial charge in [-0.25, -0.2) is 0 Å². The van der Waals surface area contributed by atoms with E-state index in [9.17, 15) is 4.79 Å². The molecule has 0 atom stereocenters. The third-order valence-corrected chi connectivity index (χ3v) is 4.48. The lowest BCUT2D eigenvalue weighted by atomic mass is 9.90. The molecule has 0 bridgehead atoms. The van der Waals surface area contributed by atoms with Gasteiger partial charge < -0.3 is 10.2 Å². The zero-order chi connectivity index (χ0) is 13.0. The Labute approximate surface area is 111 Å². The Morgan fingerprint density at radius 1 is 1.17 bits per heavy atom. The molecule has 1 amide bonds. The van der Waals surface area contributed by atoms with Gasteiger partial charge in [0.1, 0.15) is 0 Å². The largest absolute Gasteiger partial charge is 0.343 e. The van der Waals surface area contributed by atoms with Crippen molar-refractivity contribution in [3.63, 3.8) is 0 Å². The fraction of sp³-hybridized carbons (Fsp3) is 0.933. The number of hydrogen-bond donors (Lipinski definition) is 1. The molecule has 2 aliphatic carbocycles. The molecule has 2 aliphatic rings. The van der Waals surface area contributed by atoms with E-state index in [-0.39, 0.29) is 0 Å². The standard InChI is InChI=1S/C15H28N2O/c1-3-10-16-13-6-8-14(9-7-13)17(2)15(18)11-12-4-5-12/h12-14,16H,3-11H2,1-2H3. The maximum absolute atomic E-state index is 12.1. The fourth-order valence-electron chi connectivity index (χ4n) is 2.93. The lowest BCUT2D eigenvalue weighted by Crippen LogP contribution is -2.43. The second-order valence-electron chi connectivity index (χ2n) is 6.11.